The maximum atomic E-state index is 11.6. The van der Waals surface area contributed by atoms with Crippen LogP contribution in [0.2, 0.25) is 0 Å². The number of ether oxygens (including phenoxy) is 1. The summed E-state index contributed by atoms with van der Waals surface area (Å²) in [5.41, 5.74) is 1.11. The van der Waals surface area contributed by atoms with Gasteiger partial charge in [-0.25, -0.2) is 4.79 Å². The van der Waals surface area contributed by atoms with E-state index in [2.05, 4.69) is 5.32 Å². The molecule has 1 rings (SSSR count). The first-order chi connectivity index (χ1) is 7.77. The molecule has 0 fully saturated rings. The van der Waals surface area contributed by atoms with Crippen molar-refractivity contribution in [3.8, 4) is 0 Å². The fraction of sp³-hybridized carbons (Fsp3) is 0.417. The minimum absolute atomic E-state index is 0.0825. The van der Waals surface area contributed by atoms with Gasteiger partial charge in [-0.3, -0.25) is 0 Å². The van der Waals surface area contributed by atoms with Crippen LogP contribution in [0.5, 0.6) is 0 Å². The zero-order valence-corrected chi connectivity index (χ0v) is 9.77. The minimum atomic E-state index is -0.0825. The monoisotopic (exact) mass is 222 g/mol. The van der Waals surface area contributed by atoms with Gasteiger partial charge in [-0.05, 0) is 5.56 Å². The summed E-state index contributed by atoms with van der Waals surface area (Å²) in [5.74, 6) is 0. The number of hydrogen-bond donors (Lipinski definition) is 1. The number of benzene rings is 1. The molecule has 4 nitrogen and oxygen atoms in total. The molecule has 1 N–H and O–H groups in total. The van der Waals surface area contributed by atoms with Crippen LogP contribution in [-0.4, -0.2) is 38.2 Å². The van der Waals surface area contributed by atoms with Gasteiger partial charge in [-0.15, -0.1) is 0 Å². The molecule has 0 aromatic heterocycles. The number of carbonyl (C=O) groups is 1. The molecule has 0 aliphatic rings. The molecule has 0 radical (unpaired) electrons. The predicted molar refractivity (Wildman–Crippen MR) is 63.2 cm³/mol. The first-order valence-electron chi connectivity index (χ1n) is 5.27. The Kier molecular flexibility index (Phi) is 5.36. The van der Waals surface area contributed by atoms with Crippen LogP contribution >= 0.6 is 0 Å². The van der Waals surface area contributed by atoms with Crippen molar-refractivity contribution in [3.63, 3.8) is 0 Å². The van der Waals surface area contributed by atoms with Crippen molar-refractivity contribution in [1.29, 1.82) is 0 Å². The molecule has 0 bridgehead atoms. The summed E-state index contributed by atoms with van der Waals surface area (Å²) < 4.78 is 4.98. The van der Waals surface area contributed by atoms with E-state index in [0.29, 0.717) is 19.7 Å². The number of nitrogens with zero attached hydrogens (tertiary/aromatic N) is 1. The number of carbonyl (C=O) groups excluding carboxylic acids is 1. The molecule has 1 aromatic carbocycles. The molecule has 4 heteroatoms. The van der Waals surface area contributed by atoms with Gasteiger partial charge < -0.3 is 15.0 Å². The highest BCUT2D eigenvalue weighted by atomic mass is 16.5. The fourth-order valence-electron chi connectivity index (χ4n) is 1.42. The van der Waals surface area contributed by atoms with E-state index in [1.54, 1.807) is 19.1 Å². The van der Waals surface area contributed by atoms with Crippen molar-refractivity contribution in [1.82, 2.24) is 10.2 Å². The Bertz CT molecular complexity index is 314. The highest BCUT2D eigenvalue weighted by molar-refractivity contribution is 5.73. The lowest BCUT2D eigenvalue weighted by atomic mass is 10.2. The van der Waals surface area contributed by atoms with Crippen molar-refractivity contribution in [2.45, 2.75) is 6.54 Å². The topological polar surface area (TPSA) is 41.6 Å². The Morgan fingerprint density at radius 3 is 2.62 bits per heavy atom. The molecule has 1 aromatic rings. The Balaban J connectivity index is 2.59. The molecule has 0 saturated carbocycles. The molecule has 0 aliphatic carbocycles. The summed E-state index contributed by atoms with van der Waals surface area (Å²) >= 11 is 0. The standard InChI is InChI=1S/C12H18N2O2/c1-13-12(15)14(8-9-16-2)10-11-6-4-3-5-7-11/h3-7H,8-10H2,1-2H3,(H,13,15). The third kappa shape index (κ3) is 3.90. The summed E-state index contributed by atoms with van der Waals surface area (Å²) in [6.45, 7) is 1.73. The first-order valence-corrected chi connectivity index (χ1v) is 5.27. The first kappa shape index (κ1) is 12.5. The molecular weight excluding hydrogens is 204 g/mol. The minimum Gasteiger partial charge on any atom is -0.383 e. The third-order valence-corrected chi connectivity index (χ3v) is 2.28. The second kappa shape index (κ2) is 6.85. The van der Waals surface area contributed by atoms with Crippen molar-refractivity contribution >= 4 is 6.03 Å². The average molecular weight is 222 g/mol. The van der Waals surface area contributed by atoms with E-state index >= 15 is 0 Å². The maximum Gasteiger partial charge on any atom is 0.317 e. The van der Waals surface area contributed by atoms with Crippen LogP contribution in [0.25, 0.3) is 0 Å². The van der Waals surface area contributed by atoms with Crippen LogP contribution in [0, 0.1) is 0 Å². The van der Waals surface area contributed by atoms with Gasteiger partial charge in [0.2, 0.25) is 0 Å². The normalized spacial score (nSPS) is 9.88. The SMILES string of the molecule is CNC(=O)N(CCOC)Cc1ccccc1. The zero-order chi connectivity index (χ0) is 11.8. The van der Waals surface area contributed by atoms with E-state index in [9.17, 15) is 4.79 Å². The largest absolute Gasteiger partial charge is 0.383 e. The molecule has 0 atom stereocenters. The van der Waals surface area contributed by atoms with E-state index < -0.39 is 0 Å². The maximum absolute atomic E-state index is 11.6. The van der Waals surface area contributed by atoms with Gasteiger partial charge in [0.25, 0.3) is 0 Å². The van der Waals surface area contributed by atoms with E-state index in [0.717, 1.165) is 5.56 Å². The van der Waals surface area contributed by atoms with Crippen molar-refractivity contribution in [2.24, 2.45) is 0 Å². The van der Waals surface area contributed by atoms with Gasteiger partial charge in [0.15, 0.2) is 0 Å². The summed E-state index contributed by atoms with van der Waals surface area (Å²) in [4.78, 5) is 13.3. The van der Waals surface area contributed by atoms with Crippen LogP contribution in [0.1, 0.15) is 5.56 Å². The number of hydrogen-bond acceptors (Lipinski definition) is 2. The van der Waals surface area contributed by atoms with Crippen molar-refractivity contribution in [2.75, 3.05) is 27.3 Å². The fourth-order valence-corrected chi connectivity index (χ4v) is 1.42. The highest BCUT2D eigenvalue weighted by Crippen LogP contribution is 2.04. The molecule has 0 spiro atoms. The summed E-state index contributed by atoms with van der Waals surface area (Å²) in [6.07, 6.45) is 0. The van der Waals surface area contributed by atoms with Crippen LogP contribution in [0.4, 0.5) is 4.79 Å². The Morgan fingerprint density at radius 2 is 2.06 bits per heavy atom. The van der Waals surface area contributed by atoms with Gasteiger partial charge in [0.1, 0.15) is 0 Å². The average Bonchev–Trinajstić information content (AvgIpc) is 2.34. The van der Waals surface area contributed by atoms with Crippen LogP contribution in [0.15, 0.2) is 30.3 Å². The number of nitrogens with one attached hydrogen (secondary N) is 1. The molecule has 0 unspecified atom stereocenters. The number of methoxy groups -OCH3 is 1. The summed E-state index contributed by atoms with van der Waals surface area (Å²) in [5, 5.41) is 2.63. The van der Waals surface area contributed by atoms with Crippen LogP contribution < -0.4 is 5.32 Å². The molecule has 0 heterocycles. The van der Waals surface area contributed by atoms with E-state index in [-0.39, 0.29) is 6.03 Å². The third-order valence-electron chi connectivity index (χ3n) is 2.28. The molecule has 2 amide bonds. The second-order valence-corrected chi connectivity index (χ2v) is 3.46. The van der Waals surface area contributed by atoms with E-state index in [4.69, 9.17) is 4.74 Å². The lowest BCUT2D eigenvalue weighted by Gasteiger charge is -2.21. The number of amides is 2. The summed E-state index contributed by atoms with van der Waals surface area (Å²) in [6, 6.07) is 9.82. The lowest BCUT2D eigenvalue weighted by molar-refractivity contribution is 0.147. The number of urea groups is 1. The molecule has 0 saturated heterocycles. The molecular formula is C12H18N2O2. The van der Waals surface area contributed by atoms with Crippen LogP contribution in [-0.2, 0) is 11.3 Å². The Labute approximate surface area is 96.2 Å². The van der Waals surface area contributed by atoms with E-state index in [1.807, 2.05) is 30.3 Å². The van der Waals surface area contributed by atoms with E-state index in [1.165, 1.54) is 0 Å². The van der Waals surface area contributed by atoms with Gasteiger partial charge in [0.05, 0.1) is 6.61 Å². The van der Waals surface area contributed by atoms with Gasteiger partial charge >= 0.3 is 6.03 Å². The molecule has 16 heavy (non-hydrogen) atoms. The van der Waals surface area contributed by atoms with Crippen LogP contribution in [0.3, 0.4) is 0 Å². The Hall–Kier alpha value is -1.55. The zero-order valence-electron chi connectivity index (χ0n) is 9.77. The van der Waals surface area contributed by atoms with Gasteiger partial charge in [-0.2, -0.15) is 0 Å². The lowest BCUT2D eigenvalue weighted by Crippen LogP contribution is -2.39. The summed E-state index contributed by atoms with van der Waals surface area (Å²) in [7, 11) is 3.26. The van der Waals surface area contributed by atoms with Crippen molar-refractivity contribution in [3.05, 3.63) is 35.9 Å². The highest BCUT2D eigenvalue weighted by Gasteiger charge is 2.11. The molecule has 0 aliphatic heterocycles. The number of rotatable bonds is 5. The van der Waals surface area contributed by atoms with Gasteiger partial charge in [-0.1, -0.05) is 30.3 Å². The quantitative estimate of drug-likeness (QED) is 0.819. The second-order valence-electron chi connectivity index (χ2n) is 3.46. The van der Waals surface area contributed by atoms with Gasteiger partial charge in [0, 0.05) is 27.2 Å². The predicted octanol–water partition coefficient (Wildman–Crippen LogP) is 1.47. The Morgan fingerprint density at radius 1 is 1.38 bits per heavy atom. The molecule has 88 valence electrons. The van der Waals surface area contributed by atoms with Crippen molar-refractivity contribution < 1.29 is 9.53 Å². The smallest absolute Gasteiger partial charge is 0.317 e.